The first kappa shape index (κ1) is 19.5. The second kappa shape index (κ2) is 6.80. The third kappa shape index (κ3) is 2.62. The predicted molar refractivity (Wildman–Crippen MR) is 95.7 cm³/mol. The zero-order chi connectivity index (χ0) is 18.3. The van der Waals surface area contributed by atoms with Gasteiger partial charge in [-0.1, -0.05) is 0 Å². The monoisotopic (exact) mass is 366 g/mol. The molecule has 0 saturated heterocycles. The third-order valence-corrected chi connectivity index (χ3v) is 11.5. The van der Waals surface area contributed by atoms with Gasteiger partial charge >= 0.3 is 151 Å². The predicted octanol–water partition coefficient (Wildman–Crippen LogP) is 5.74. The van der Waals surface area contributed by atoms with Gasteiger partial charge in [-0.2, -0.15) is 0 Å². The first-order valence-electron chi connectivity index (χ1n) is 8.38. The Morgan fingerprint density at radius 3 is 1.58 bits per heavy atom. The first-order valence-corrected chi connectivity index (χ1v) is 11.1. The molecule has 0 aliphatic heterocycles. The van der Waals surface area contributed by atoms with Gasteiger partial charge < -0.3 is 0 Å². The van der Waals surface area contributed by atoms with Crippen LogP contribution in [0.25, 0.3) is 0 Å². The molecule has 1 aliphatic rings. The molecule has 1 aromatic carbocycles. The summed E-state index contributed by atoms with van der Waals surface area (Å²) in [6.45, 7) is 15.1. The Morgan fingerprint density at radius 2 is 1.21 bits per heavy atom. The van der Waals surface area contributed by atoms with Gasteiger partial charge in [0.2, 0.25) is 0 Å². The van der Waals surface area contributed by atoms with Crippen LogP contribution in [0.5, 0.6) is 5.75 Å². The fourth-order valence-corrected chi connectivity index (χ4v) is 8.88. The van der Waals surface area contributed by atoms with Crippen molar-refractivity contribution in [2.24, 2.45) is 0 Å². The summed E-state index contributed by atoms with van der Waals surface area (Å²) in [6.07, 6.45) is 0. The molecule has 0 unspecified atom stereocenters. The van der Waals surface area contributed by atoms with Crippen LogP contribution in [0, 0.1) is 13.8 Å². The fraction of sp³-hybridized carbons (Fsp3) is 0.500. The van der Waals surface area contributed by atoms with Crippen molar-refractivity contribution in [3.05, 3.63) is 51.6 Å². The number of benzene rings is 1. The van der Waals surface area contributed by atoms with Crippen molar-refractivity contribution in [3.63, 3.8) is 0 Å². The maximum atomic E-state index is 6.66. The molecule has 0 spiro atoms. The average molecular weight is 366 g/mol. The Kier molecular flexibility index (Phi) is 5.51. The third-order valence-electron chi connectivity index (χ3n) is 5.98. The van der Waals surface area contributed by atoms with Gasteiger partial charge in [0.05, 0.1) is 0 Å². The van der Waals surface area contributed by atoms with Crippen LogP contribution in [0.4, 0.5) is 0 Å². The molecule has 0 radical (unpaired) electrons. The van der Waals surface area contributed by atoms with Crippen molar-refractivity contribution in [1.29, 1.82) is 0 Å². The van der Waals surface area contributed by atoms with Crippen LogP contribution in [0.1, 0.15) is 45.7 Å². The van der Waals surface area contributed by atoms with Crippen LogP contribution in [-0.2, 0) is 24.4 Å². The molecule has 0 N–H and O–H groups in total. The first-order chi connectivity index (χ1) is 11.2. The summed E-state index contributed by atoms with van der Waals surface area (Å²) in [5.74, 6) is 0.894. The summed E-state index contributed by atoms with van der Waals surface area (Å²) in [5, 5.41) is 0. The Hall–Kier alpha value is -0.866. The van der Waals surface area contributed by atoms with Gasteiger partial charge in [-0.3, -0.25) is 0 Å². The van der Waals surface area contributed by atoms with Crippen molar-refractivity contribution in [3.8, 4) is 5.75 Å². The SMILES string of the molecule is C[O][Ti]([O]C)([O]c1c(C)cccc1C)[C]1(C)C(C)=C(C)C(C)=C1C. The average Bonchev–Trinajstić information content (AvgIpc) is 2.72. The van der Waals surface area contributed by atoms with Gasteiger partial charge in [0, 0.05) is 0 Å². The van der Waals surface area contributed by atoms with E-state index in [1.54, 1.807) is 14.2 Å². The van der Waals surface area contributed by atoms with Crippen LogP contribution >= 0.6 is 0 Å². The number of rotatable bonds is 5. The van der Waals surface area contributed by atoms with Crippen molar-refractivity contribution in [2.45, 2.75) is 52.2 Å². The van der Waals surface area contributed by atoms with Gasteiger partial charge in [-0.15, -0.1) is 0 Å². The van der Waals surface area contributed by atoms with Crippen LogP contribution < -0.4 is 3.32 Å². The minimum absolute atomic E-state index is 0.313. The normalized spacial score (nSPS) is 17.7. The van der Waals surface area contributed by atoms with E-state index < -0.39 is 17.8 Å². The Bertz CT molecular complexity index is 667. The molecule has 0 amide bonds. The van der Waals surface area contributed by atoms with Gasteiger partial charge in [0.25, 0.3) is 0 Å². The Labute approximate surface area is 151 Å². The summed E-state index contributed by atoms with van der Waals surface area (Å²) in [4.78, 5) is 0. The second-order valence-corrected chi connectivity index (χ2v) is 11.8. The zero-order valence-electron chi connectivity index (χ0n) is 16.5. The van der Waals surface area contributed by atoms with Crippen molar-refractivity contribution in [2.75, 3.05) is 14.2 Å². The van der Waals surface area contributed by atoms with Crippen LogP contribution in [0.15, 0.2) is 40.5 Å². The van der Waals surface area contributed by atoms with Gasteiger partial charge in [-0.25, -0.2) is 0 Å². The molecule has 0 bridgehead atoms. The quantitative estimate of drug-likeness (QED) is 0.622. The zero-order valence-corrected chi connectivity index (χ0v) is 18.0. The second-order valence-electron chi connectivity index (χ2n) is 6.91. The number of allylic oxidation sites excluding steroid dienone is 4. The molecule has 0 heterocycles. The van der Waals surface area contributed by atoms with E-state index in [0.717, 1.165) is 16.9 Å². The van der Waals surface area contributed by atoms with E-state index in [9.17, 15) is 0 Å². The molecule has 1 aromatic rings. The van der Waals surface area contributed by atoms with Crippen molar-refractivity contribution >= 4 is 0 Å². The van der Waals surface area contributed by atoms with Crippen LogP contribution in [0.3, 0.4) is 0 Å². The van der Waals surface area contributed by atoms with Crippen LogP contribution in [0.2, 0.25) is 3.72 Å². The fourth-order valence-electron chi connectivity index (χ4n) is 3.82. The summed E-state index contributed by atoms with van der Waals surface area (Å²) >= 11 is -3.71. The molecule has 24 heavy (non-hydrogen) atoms. The molecular formula is C20H30O3Ti. The molecule has 0 aromatic heterocycles. The molecule has 1 aliphatic carbocycles. The molecular weight excluding hydrogens is 336 g/mol. The van der Waals surface area contributed by atoms with Crippen molar-refractivity contribution in [1.82, 2.24) is 0 Å². The summed E-state index contributed by atoms with van der Waals surface area (Å²) in [7, 11) is 3.46. The molecule has 132 valence electrons. The van der Waals surface area contributed by atoms with E-state index >= 15 is 0 Å². The maximum absolute atomic E-state index is 6.66. The minimum atomic E-state index is -3.71. The van der Waals surface area contributed by atoms with E-state index in [1.165, 1.54) is 22.3 Å². The van der Waals surface area contributed by atoms with Gasteiger partial charge in [0.15, 0.2) is 0 Å². The topological polar surface area (TPSA) is 27.7 Å². The van der Waals surface area contributed by atoms with E-state index in [2.05, 4.69) is 60.6 Å². The molecule has 3 nitrogen and oxygen atoms in total. The van der Waals surface area contributed by atoms with Crippen LogP contribution in [-0.4, -0.2) is 14.2 Å². The van der Waals surface area contributed by atoms with E-state index in [0.29, 0.717) is 0 Å². The summed E-state index contributed by atoms with van der Waals surface area (Å²) < 4.78 is 18.5. The molecule has 2 rings (SSSR count). The van der Waals surface area contributed by atoms with E-state index in [4.69, 9.17) is 9.96 Å². The Morgan fingerprint density at radius 1 is 0.792 bits per heavy atom. The van der Waals surface area contributed by atoms with Gasteiger partial charge in [-0.05, 0) is 0 Å². The standard InChI is InChI=1S/C10H15.C8H10O.2CH3O.Ti/c1-6-7(2)9(4)10(5)8(6)3;1-6-4-3-5-7(2)8(6)9;2*1-2;/h1-5H3;3-5,9H,1-2H3;2*1H3;/q;;2*-1;+3/p-1. The molecule has 0 fully saturated rings. The number of hydrogen-bond acceptors (Lipinski definition) is 3. The number of para-hydroxylation sites is 1. The molecule has 0 atom stereocenters. The van der Waals surface area contributed by atoms with E-state index in [1.807, 2.05) is 6.07 Å². The van der Waals surface area contributed by atoms with E-state index in [-0.39, 0.29) is 3.72 Å². The number of aryl methyl sites for hydroxylation is 2. The summed E-state index contributed by atoms with van der Waals surface area (Å²) in [6, 6.07) is 6.19. The summed E-state index contributed by atoms with van der Waals surface area (Å²) in [5.41, 5.74) is 7.46. The molecule has 0 saturated carbocycles. The van der Waals surface area contributed by atoms with Gasteiger partial charge in [0.1, 0.15) is 0 Å². The Balaban J connectivity index is 2.65. The molecule has 4 heteroatoms. The van der Waals surface area contributed by atoms with Crippen molar-refractivity contribution < 1.29 is 27.7 Å². The number of hydrogen-bond donors (Lipinski definition) is 0.